The highest BCUT2D eigenvalue weighted by atomic mass is 32.2. The van der Waals surface area contributed by atoms with E-state index in [1.165, 1.54) is 47.0 Å². The summed E-state index contributed by atoms with van der Waals surface area (Å²) >= 11 is 1.73. The van der Waals surface area contributed by atoms with Crippen molar-refractivity contribution in [1.82, 2.24) is 40.5 Å². The van der Waals surface area contributed by atoms with Gasteiger partial charge in [-0.25, -0.2) is 9.78 Å². The Morgan fingerprint density at radius 2 is 1.58 bits per heavy atom. The quantitative estimate of drug-likeness (QED) is 0.214. The second-order valence-corrected chi connectivity index (χ2v) is 21.4. The molecule has 2 bridgehead atoms. The number of nitrogens with zero attached hydrogens (tertiary/aromatic N) is 6. The number of fused-ring (bicyclic) bond motifs is 5. The lowest BCUT2D eigenvalue weighted by Crippen LogP contribution is -2.63. The lowest BCUT2D eigenvalue weighted by Gasteiger charge is -2.45. The van der Waals surface area contributed by atoms with Crippen LogP contribution in [0.1, 0.15) is 80.0 Å². The Bertz CT molecular complexity index is 2540. The van der Waals surface area contributed by atoms with E-state index in [4.69, 9.17) is 4.74 Å². The van der Waals surface area contributed by atoms with Crippen LogP contribution in [0.3, 0.4) is 0 Å². The monoisotopic (exact) mass is 1020 g/mol. The van der Waals surface area contributed by atoms with Crippen LogP contribution >= 0.6 is 11.8 Å². The lowest BCUT2D eigenvalue weighted by atomic mass is 9.88. The number of anilines is 1. The zero-order valence-corrected chi connectivity index (χ0v) is 42.9. The average Bonchev–Trinajstić information content (AvgIpc) is 3.89. The lowest BCUT2D eigenvalue weighted by molar-refractivity contribution is -0.157. The van der Waals surface area contributed by atoms with Crippen molar-refractivity contribution in [3.63, 3.8) is 0 Å². The highest BCUT2D eigenvalue weighted by molar-refractivity contribution is 8.00. The third-order valence-corrected chi connectivity index (χ3v) is 16.7. The molecule has 6 fully saturated rings. The molecule has 9 rings (SSSR count). The zero-order chi connectivity index (χ0) is 52.1. The first-order valence-electron chi connectivity index (χ1n) is 25.3. The van der Waals surface area contributed by atoms with E-state index in [1.54, 1.807) is 49.0 Å². The minimum Gasteiger partial charge on any atom is -0.505 e. The molecule has 7 heterocycles. The summed E-state index contributed by atoms with van der Waals surface area (Å²) in [5, 5.41) is 18.8. The van der Waals surface area contributed by atoms with Crippen molar-refractivity contribution in [1.29, 1.82) is 0 Å². The van der Waals surface area contributed by atoms with Crippen LogP contribution in [-0.2, 0) is 44.7 Å². The number of benzene rings is 2. The largest absolute Gasteiger partial charge is 0.505 e. The van der Waals surface area contributed by atoms with E-state index in [2.05, 4.69) is 25.8 Å². The van der Waals surface area contributed by atoms with Gasteiger partial charge < -0.3 is 50.3 Å². The molecule has 9 atom stereocenters. The first kappa shape index (κ1) is 52.8. The summed E-state index contributed by atoms with van der Waals surface area (Å²) in [5.41, 5.74) is 1.49. The summed E-state index contributed by atoms with van der Waals surface area (Å²) in [5.74, 6) is -5.83. The summed E-state index contributed by atoms with van der Waals surface area (Å²) in [7, 11) is 5.33. The Hall–Kier alpha value is -6.54. The van der Waals surface area contributed by atoms with Crippen LogP contribution in [0.25, 0.3) is 0 Å². The number of pyridine rings is 1. The van der Waals surface area contributed by atoms with Crippen LogP contribution in [0.15, 0.2) is 72.9 Å². The predicted octanol–water partition coefficient (Wildman–Crippen LogP) is 2.32. The number of amides is 6. The number of ketones is 1. The smallest absolute Gasteiger partial charge is 0.333 e. The van der Waals surface area contributed by atoms with E-state index in [0.29, 0.717) is 23.3 Å². The Morgan fingerprint density at radius 3 is 2.23 bits per heavy atom. The zero-order valence-electron chi connectivity index (χ0n) is 42.1. The Labute approximate surface area is 430 Å². The van der Waals surface area contributed by atoms with Crippen molar-refractivity contribution < 1.29 is 48.2 Å². The van der Waals surface area contributed by atoms with Gasteiger partial charge in [0.05, 0.1) is 0 Å². The van der Waals surface area contributed by atoms with E-state index in [1.807, 2.05) is 43.3 Å². The van der Waals surface area contributed by atoms with Gasteiger partial charge >= 0.3 is 5.97 Å². The Balaban J connectivity index is 1.19. The number of hydrogen-bond acceptors (Lipinski definition) is 14. The number of hydrogen-bond donors (Lipinski definition) is 4. The topological polar surface area (TPSA) is 231 Å². The number of carbonyl (C=O) groups excluding carboxylic acids is 8. The number of rotatable bonds is 10. The summed E-state index contributed by atoms with van der Waals surface area (Å²) < 4.78 is 5.97. The second-order valence-electron chi connectivity index (χ2n) is 20.1. The molecule has 3 aromatic rings. The van der Waals surface area contributed by atoms with Gasteiger partial charge in [0.1, 0.15) is 47.8 Å². The number of esters is 1. The number of carbonyl (C=O) groups is 8. The fourth-order valence-corrected chi connectivity index (χ4v) is 12.4. The highest BCUT2D eigenvalue weighted by Gasteiger charge is 2.48. The molecule has 20 heteroatoms. The van der Waals surface area contributed by atoms with Gasteiger partial charge in [-0.05, 0) is 93.4 Å². The molecule has 1 unspecified atom stereocenters. The van der Waals surface area contributed by atoms with Gasteiger partial charge in [-0.2, -0.15) is 11.8 Å². The molecule has 0 radical (unpaired) electrons. The van der Waals surface area contributed by atoms with Crippen LogP contribution in [0.5, 0.6) is 5.75 Å². The van der Waals surface area contributed by atoms with Crippen molar-refractivity contribution >= 4 is 64.6 Å². The molecule has 0 aliphatic carbocycles. The third kappa shape index (κ3) is 11.8. The van der Waals surface area contributed by atoms with Crippen molar-refractivity contribution in [2.24, 2.45) is 11.8 Å². The van der Waals surface area contributed by atoms with Gasteiger partial charge in [-0.15, -0.1) is 0 Å². The number of cyclic esters (lactones) is 1. The van der Waals surface area contributed by atoms with Crippen LogP contribution in [0.4, 0.5) is 5.69 Å². The van der Waals surface area contributed by atoms with E-state index in [0.717, 1.165) is 43.7 Å². The van der Waals surface area contributed by atoms with E-state index >= 15 is 14.4 Å². The van der Waals surface area contributed by atoms with Gasteiger partial charge in [0.25, 0.3) is 5.91 Å². The van der Waals surface area contributed by atoms with E-state index in [-0.39, 0.29) is 50.1 Å². The summed E-state index contributed by atoms with van der Waals surface area (Å²) in [6, 6.07) is 10.3. The molecular formula is C53H67N9O10S. The molecule has 6 saturated heterocycles. The number of piperidine rings is 4. The van der Waals surface area contributed by atoms with Gasteiger partial charge in [0.2, 0.25) is 29.5 Å². The minimum absolute atomic E-state index is 0.0289. The van der Waals surface area contributed by atoms with E-state index in [9.17, 15) is 29.1 Å². The number of likely N-dealkylation sites (N-methyl/N-ethyl adjacent to an activating group) is 1. The standard InChI is InChI=1S/C53H67N9O10S/c1-6-37-50(68)61-23-11-14-38(61)51(69)59(5)40(26-32-16-18-36(19-17-32)58(3)4)52(70)62-28-35(30-73-43-29-60-24-20-33(43)21-25-60)42(64)27-39(62)47(65)57-45(34-12-8-7-9-13-34)53(71)72-31(2)44(48(66)55-37)56-49(67)46-41(63)15-10-22-54-46/h7-10,12-13,15-19,22,31,33,35,37-40,43-45,63H,6,11,14,20-21,23-30H2,1-5H3,(H,55,66)(H,56,67)(H,57,65)/t31-,35+,37?,38+,39+,40+,43-,44+,45+/m1/s1. The molecule has 19 nitrogen and oxygen atoms in total. The number of aromatic nitrogens is 1. The van der Waals surface area contributed by atoms with Gasteiger partial charge in [0, 0.05) is 82.4 Å². The van der Waals surface area contributed by atoms with Crippen molar-refractivity contribution in [2.75, 3.05) is 64.5 Å². The number of aromatic hydroxyl groups is 1. The first-order valence-corrected chi connectivity index (χ1v) is 26.4. The molecule has 1 aromatic heterocycles. The third-order valence-electron chi connectivity index (χ3n) is 15.2. The fraction of sp³-hybridized carbons (Fsp3) is 0.528. The SMILES string of the molecule is CCC1NC(=O)[C@@H](NC(=O)c2ncccc2O)[C@@H](C)OC(=O)[C@H](c2ccccc2)NC(=O)[C@@H]2CC(=O)[C@H](CS[C@@H]3CN4CCC3CC4)CN2C(=O)[C@H](Cc2ccc(N(C)C)cc2)N(C)C(=O)[C@@H]2CCCN2C1=O. The van der Waals surface area contributed by atoms with Gasteiger partial charge in [-0.3, -0.25) is 33.6 Å². The maximum absolute atomic E-state index is 15.7. The molecule has 4 N–H and O–H groups in total. The summed E-state index contributed by atoms with van der Waals surface area (Å²) in [6.45, 7) is 6.11. The first-order chi connectivity index (χ1) is 35.0. The maximum Gasteiger partial charge on any atom is 0.333 e. The van der Waals surface area contributed by atoms with Crippen LogP contribution in [0, 0.1) is 11.8 Å². The van der Waals surface area contributed by atoms with Gasteiger partial charge in [0.15, 0.2) is 11.7 Å². The van der Waals surface area contributed by atoms with Crippen LogP contribution in [-0.4, -0.2) is 178 Å². The van der Waals surface area contributed by atoms with Crippen molar-refractivity contribution in [2.45, 2.75) is 106 Å². The predicted molar refractivity (Wildman–Crippen MR) is 272 cm³/mol. The summed E-state index contributed by atoms with van der Waals surface area (Å²) in [4.78, 5) is 130. The molecule has 6 aliphatic heterocycles. The number of nitrogens with one attached hydrogen (secondary N) is 3. The molecule has 0 saturated carbocycles. The molecule has 0 spiro atoms. The molecule has 73 heavy (non-hydrogen) atoms. The molecule has 6 amide bonds. The normalized spacial score (nSPS) is 29.5. The number of thioether (sulfide) groups is 1. The minimum atomic E-state index is -1.69. The highest BCUT2D eigenvalue weighted by Crippen LogP contribution is 2.37. The second kappa shape index (κ2) is 23.1. The molecular weight excluding hydrogens is 955 g/mol. The number of ether oxygens (including phenoxy) is 1. The van der Waals surface area contributed by atoms with Crippen molar-refractivity contribution in [3.05, 3.63) is 89.7 Å². The van der Waals surface area contributed by atoms with Crippen LogP contribution in [0.2, 0.25) is 0 Å². The Kier molecular flexibility index (Phi) is 16.7. The fourth-order valence-electron chi connectivity index (χ4n) is 10.8. The van der Waals surface area contributed by atoms with Crippen LogP contribution < -0.4 is 20.9 Å². The van der Waals surface area contributed by atoms with Gasteiger partial charge in [-0.1, -0.05) is 49.4 Å². The average molecular weight is 1020 g/mol. The molecule has 2 aromatic carbocycles. The molecule has 6 aliphatic rings. The Morgan fingerprint density at radius 1 is 0.849 bits per heavy atom. The number of Topliss-reactive ketones (excluding diaryl/α,β-unsaturated/α-hetero) is 1. The maximum atomic E-state index is 15.7. The molecule has 390 valence electrons. The summed E-state index contributed by atoms with van der Waals surface area (Å²) in [6.07, 6.45) is 2.40. The van der Waals surface area contributed by atoms with Crippen molar-refractivity contribution in [3.8, 4) is 5.75 Å². The van der Waals surface area contributed by atoms with E-state index < -0.39 is 101 Å².